The van der Waals surface area contributed by atoms with Crippen LogP contribution in [0.1, 0.15) is 19.3 Å². The zero-order chi connectivity index (χ0) is 18.4. The number of carbonyl (C=O) groups is 2. The summed E-state index contributed by atoms with van der Waals surface area (Å²) in [6.45, 7) is 0.876. The minimum Gasteiger partial charge on any atom is -0.457 e. The second-order valence-corrected chi connectivity index (χ2v) is 6.37. The standard InChI is InChI=1S/C20H23N3O3/c21-20(25)18-8-4-5-13-23(18)14-19(24)22-15-9-11-17(12-10-15)26-16-6-2-1-3-7-16/h1-3,6-7,9-12,18H,4-5,8,13-14H2,(H2,21,25)(H,22,24). The van der Waals surface area contributed by atoms with Crippen LogP contribution in [0, 0.1) is 0 Å². The van der Waals surface area contributed by atoms with Crippen LogP contribution in [-0.2, 0) is 9.59 Å². The molecule has 3 rings (SSSR count). The van der Waals surface area contributed by atoms with Crippen LogP contribution >= 0.6 is 0 Å². The molecule has 0 aliphatic carbocycles. The Balaban J connectivity index is 1.55. The molecule has 26 heavy (non-hydrogen) atoms. The number of amides is 2. The highest BCUT2D eigenvalue weighted by Gasteiger charge is 2.28. The van der Waals surface area contributed by atoms with Gasteiger partial charge in [0.1, 0.15) is 11.5 Å². The molecule has 3 N–H and O–H groups in total. The average Bonchev–Trinajstić information content (AvgIpc) is 2.64. The van der Waals surface area contributed by atoms with Crippen LogP contribution in [0.25, 0.3) is 0 Å². The van der Waals surface area contributed by atoms with E-state index in [0.29, 0.717) is 24.4 Å². The number of piperidine rings is 1. The molecule has 2 amide bonds. The third-order valence-electron chi connectivity index (χ3n) is 4.41. The predicted octanol–water partition coefficient (Wildman–Crippen LogP) is 2.76. The second kappa shape index (κ2) is 8.49. The van der Waals surface area contributed by atoms with Crippen molar-refractivity contribution in [1.29, 1.82) is 0 Å². The lowest BCUT2D eigenvalue weighted by Crippen LogP contribution is -2.50. The van der Waals surface area contributed by atoms with Gasteiger partial charge in [-0.2, -0.15) is 0 Å². The van der Waals surface area contributed by atoms with E-state index in [-0.39, 0.29) is 24.4 Å². The normalized spacial score (nSPS) is 17.5. The van der Waals surface area contributed by atoms with Crippen molar-refractivity contribution < 1.29 is 14.3 Å². The molecule has 6 nitrogen and oxygen atoms in total. The van der Waals surface area contributed by atoms with Crippen molar-refractivity contribution in [3.05, 3.63) is 54.6 Å². The summed E-state index contributed by atoms with van der Waals surface area (Å²) in [4.78, 5) is 25.7. The molecule has 1 fully saturated rings. The number of anilines is 1. The Morgan fingerprint density at radius 2 is 1.73 bits per heavy atom. The van der Waals surface area contributed by atoms with E-state index in [4.69, 9.17) is 10.5 Å². The number of carbonyl (C=O) groups excluding carboxylic acids is 2. The van der Waals surface area contributed by atoms with Gasteiger partial charge in [0, 0.05) is 5.69 Å². The fourth-order valence-corrected chi connectivity index (χ4v) is 3.12. The van der Waals surface area contributed by atoms with E-state index in [1.807, 2.05) is 35.2 Å². The molecule has 2 aromatic carbocycles. The van der Waals surface area contributed by atoms with Crippen LogP contribution in [0.5, 0.6) is 11.5 Å². The van der Waals surface area contributed by atoms with Gasteiger partial charge in [-0.3, -0.25) is 14.5 Å². The first-order valence-electron chi connectivity index (χ1n) is 8.78. The van der Waals surface area contributed by atoms with E-state index in [9.17, 15) is 9.59 Å². The van der Waals surface area contributed by atoms with Crippen molar-refractivity contribution in [1.82, 2.24) is 4.90 Å². The summed E-state index contributed by atoms with van der Waals surface area (Å²) >= 11 is 0. The monoisotopic (exact) mass is 353 g/mol. The number of hydrogen-bond acceptors (Lipinski definition) is 4. The van der Waals surface area contributed by atoms with E-state index in [0.717, 1.165) is 18.6 Å². The molecule has 6 heteroatoms. The Kier molecular flexibility index (Phi) is 5.86. The van der Waals surface area contributed by atoms with Crippen molar-refractivity contribution in [3.8, 4) is 11.5 Å². The molecule has 0 radical (unpaired) electrons. The van der Waals surface area contributed by atoms with Gasteiger partial charge in [0.15, 0.2) is 0 Å². The molecule has 1 aliphatic heterocycles. The molecular formula is C20H23N3O3. The first kappa shape index (κ1) is 17.9. The van der Waals surface area contributed by atoms with Gasteiger partial charge < -0.3 is 15.8 Å². The third-order valence-corrected chi connectivity index (χ3v) is 4.41. The Morgan fingerprint density at radius 1 is 1.04 bits per heavy atom. The van der Waals surface area contributed by atoms with E-state index in [2.05, 4.69) is 5.32 Å². The summed E-state index contributed by atoms with van der Waals surface area (Å²) in [5.74, 6) is 0.931. The van der Waals surface area contributed by atoms with Crippen LogP contribution in [0.2, 0.25) is 0 Å². The fourth-order valence-electron chi connectivity index (χ4n) is 3.12. The SMILES string of the molecule is NC(=O)C1CCCCN1CC(=O)Nc1ccc(Oc2ccccc2)cc1. The van der Waals surface area contributed by atoms with Gasteiger partial charge in [0.25, 0.3) is 0 Å². The van der Waals surface area contributed by atoms with Gasteiger partial charge >= 0.3 is 0 Å². The lowest BCUT2D eigenvalue weighted by atomic mass is 10.0. The Labute approximate surface area is 152 Å². The Bertz CT molecular complexity index is 747. The summed E-state index contributed by atoms with van der Waals surface area (Å²) in [6, 6.07) is 16.3. The van der Waals surface area contributed by atoms with Crippen LogP contribution in [0.3, 0.4) is 0 Å². The molecule has 0 aromatic heterocycles. The van der Waals surface area contributed by atoms with Gasteiger partial charge in [-0.15, -0.1) is 0 Å². The zero-order valence-corrected chi connectivity index (χ0v) is 14.6. The number of benzene rings is 2. The zero-order valence-electron chi connectivity index (χ0n) is 14.6. The highest BCUT2D eigenvalue weighted by Crippen LogP contribution is 2.23. The van der Waals surface area contributed by atoms with Gasteiger partial charge in [0.2, 0.25) is 11.8 Å². The highest BCUT2D eigenvalue weighted by atomic mass is 16.5. The maximum absolute atomic E-state index is 12.3. The number of primary amides is 1. The van der Waals surface area contributed by atoms with Gasteiger partial charge in [-0.05, 0) is 55.8 Å². The molecule has 1 aliphatic rings. The van der Waals surface area contributed by atoms with E-state index in [1.165, 1.54) is 0 Å². The Hall–Kier alpha value is -2.86. The van der Waals surface area contributed by atoms with Gasteiger partial charge in [-0.1, -0.05) is 24.6 Å². The van der Waals surface area contributed by atoms with Crippen molar-refractivity contribution in [2.75, 3.05) is 18.4 Å². The number of rotatable bonds is 6. The summed E-state index contributed by atoms with van der Waals surface area (Å²) in [6.07, 6.45) is 2.66. The fraction of sp³-hybridized carbons (Fsp3) is 0.300. The van der Waals surface area contributed by atoms with Crippen LogP contribution in [0.15, 0.2) is 54.6 Å². The Morgan fingerprint density at radius 3 is 2.42 bits per heavy atom. The third kappa shape index (κ3) is 4.83. The predicted molar refractivity (Wildman–Crippen MR) is 100.0 cm³/mol. The number of nitrogens with one attached hydrogen (secondary N) is 1. The van der Waals surface area contributed by atoms with Crippen LogP contribution < -0.4 is 15.8 Å². The molecule has 0 bridgehead atoms. The lowest BCUT2D eigenvalue weighted by Gasteiger charge is -2.32. The number of nitrogens with two attached hydrogens (primary N) is 1. The molecule has 0 spiro atoms. The van der Waals surface area contributed by atoms with Gasteiger partial charge in [-0.25, -0.2) is 0 Å². The first-order chi connectivity index (χ1) is 12.6. The number of para-hydroxylation sites is 1. The van der Waals surface area contributed by atoms with Crippen molar-refractivity contribution in [2.45, 2.75) is 25.3 Å². The lowest BCUT2D eigenvalue weighted by molar-refractivity contribution is -0.126. The quantitative estimate of drug-likeness (QED) is 0.836. The number of hydrogen-bond donors (Lipinski definition) is 2. The maximum atomic E-state index is 12.3. The highest BCUT2D eigenvalue weighted by molar-refractivity contribution is 5.92. The van der Waals surface area contributed by atoms with E-state index < -0.39 is 0 Å². The average molecular weight is 353 g/mol. The van der Waals surface area contributed by atoms with Crippen molar-refractivity contribution in [2.24, 2.45) is 5.73 Å². The number of nitrogens with zero attached hydrogens (tertiary/aromatic N) is 1. The summed E-state index contributed by atoms with van der Waals surface area (Å²) in [7, 11) is 0. The molecular weight excluding hydrogens is 330 g/mol. The molecule has 1 unspecified atom stereocenters. The molecule has 136 valence electrons. The maximum Gasteiger partial charge on any atom is 0.238 e. The smallest absolute Gasteiger partial charge is 0.238 e. The minimum absolute atomic E-state index is 0.158. The van der Waals surface area contributed by atoms with Crippen molar-refractivity contribution >= 4 is 17.5 Å². The first-order valence-corrected chi connectivity index (χ1v) is 8.78. The van der Waals surface area contributed by atoms with Crippen LogP contribution in [0.4, 0.5) is 5.69 Å². The van der Waals surface area contributed by atoms with Crippen molar-refractivity contribution in [3.63, 3.8) is 0 Å². The second-order valence-electron chi connectivity index (χ2n) is 6.37. The van der Waals surface area contributed by atoms with Gasteiger partial charge in [0.05, 0.1) is 12.6 Å². The largest absolute Gasteiger partial charge is 0.457 e. The summed E-state index contributed by atoms with van der Waals surface area (Å²) in [5.41, 5.74) is 6.12. The summed E-state index contributed by atoms with van der Waals surface area (Å²) in [5, 5.41) is 2.85. The molecule has 0 saturated carbocycles. The molecule has 1 heterocycles. The summed E-state index contributed by atoms with van der Waals surface area (Å²) < 4.78 is 5.73. The molecule has 1 saturated heterocycles. The van der Waals surface area contributed by atoms with Crippen LogP contribution in [-0.4, -0.2) is 35.8 Å². The van der Waals surface area contributed by atoms with E-state index >= 15 is 0 Å². The minimum atomic E-state index is -0.361. The van der Waals surface area contributed by atoms with E-state index in [1.54, 1.807) is 24.3 Å². The molecule has 2 aromatic rings. The molecule has 1 atom stereocenters. The number of likely N-dealkylation sites (tertiary alicyclic amines) is 1. The number of ether oxygens (including phenoxy) is 1. The topological polar surface area (TPSA) is 84.7 Å².